The lowest BCUT2D eigenvalue weighted by molar-refractivity contribution is -0.496. The first-order valence-electron chi connectivity index (χ1n) is 2.61. The average Bonchev–Trinajstić information content (AvgIpc) is 1.94. The zero-order valence-corrected chi connectivity index (χ0v) is 6.61. The predicted octanol–water partition coefficient (Wildman–Crippen LogP) is 0.643. The third kappa shape index (κ3) is 1.36. The minimum atomic E-state index is 0.388. The molecular weight excluding hydrogens is 200 g/mol. The molecule has 0 aliphatic carbocycles. The molecule has 0 unspecified atom stereocenters. The summed E-state index contributed by atoms with van der Waals surface area (Å²) in [4.78, 5) is 10.5. The Morgan fingerprint density at radius 3 is 3.00 bits per heavy atom. The molecule has 0 bridgehead atoms. The van der Waals surface area contributed by atoms with Crippen molar-refractivity contribution in [1.29, 1.82) is 0 Å². The van der Waals surface area contributed by atoms with Gasteiger partial charge in [0, 0.05) is 10.2 Å². The van der Waals surface area contributed by atoms with E-state index < -0.39 is 0 Å². The standard InChI is InChI=1S/C5H5BrN2O2/c6-3-5-4-7(9)1-2-8(5)10/h1-2,4H,3H2. The highest BCUT2D eigenvalue weighted by molar-refractivity contribution is 9.08. The van der Waals surface area contributed by atoms with Gasteiger partial charge in [-0.2, -0.15) is 0 Å². The van der Waals surface area contributed by atoms with E-state index in [4.69, 9.17) is 0 Å². The van der Waals surface area contributed by atoms with Crippen LogP contribution in [0.3, 0.4) is 0 Å². The van der Waals surface area contributed by atoms with Gasteiger partial charge in [0.1, 0.15) is 0 Å². The van der Waals surface area contributed by atoms with Crippen LogP contribution in [0, 0.1) is 10.1 Å². The molecule has 0 atom stereocenters. The fourth-order valence-electron chi connectivity index (χ4n) is 0.562. The van der Waals surface area contributed by atoms with Crippen molar-refractivity contribution in [1.82, 2.24) is 4.73 Å². The first kappa shape index (κ1) is 7.27. The van der Waals surface area contributed by atoms with Crippen molar-refractivity contribution in [2.75, 3.05) is 0 Å². The van der Waals surface area contributed by atoms with Gasteiger partial charge in [0.25, 0.3) is 0 Å². The third-order valence-electron chi connectivity index (χ3n) is 1.05. The fourth-order valence-corrected chi connectivity index (χ4v) is 0.954. The summed E-state index contributed by atoms with van der Waals surface area (Å²) < 4.78 is 1.23. The first-order valence-corrected chi connectivity index (χ1v) is 3.73. The molecule has 1 heterocycles. The van der Waals surface area contributed by atoms with Crippen LogP contribution in [-0.2, 0) is 5.33 Å². The van der Waals surface area contributed by atoms with E-state index in [2.05, 4.69) is 15.9 Å². The zero-order valence-electron chi connectivity index (χ0n) is 5.03. The second kappa shape index (κ2) is 2.83. The molecule has 0 spiro atoms. The van der Waals surface area contributed by atoms with Crippen molar-refractivity contribution < 1.29 is 4.43 Å². The summed E-state index contributed by atoms with van der Waals surface area (Å²) in [5.74, 6) is 0. The van der Waals surface area contributed by atoms with E-state index in [9.17, 15) is 10.1 Å². The summed E-state index contributed by atoms with van der Waals surface area (Å²) in [5.41, 5.74) is 0.400. The molecule has 1 aromatic rings. The van der Waals surface area contributed by atoms with Crippen LogP contribution in [-0.4, -0.2) is 4.73 Å². The maximum absolute atomic E-state index is 10.7. The van der Waals surface area contributed by atoms with Crippen LogP contribution in [0.2, 0.25) is 0 Å². The molecular formula is C5H5BrN2O2. The number of hydrogen-bond donors (Lipinski definition) is 0. The van der Waals surface area contributed by atoms with Gasteiger partial charge in [-0.3, -0.25) is 0 Å². The first-order chi connectivity index (χ1) is 4.74. The highest BCUT2D eigenvalue weighted by atomic mass is 79.9. The summed E-state index contributed by atoms with van der Waals surface area (Å²) >= 11 is 3.07. The highest BCUT2D eigenvalue weighted by Gasteiger charge is 1.97. The molecule has 10 heavy (non-hydrogen) atoms. The number of hydrogen-bond acceptors (Lipinski definition) is 2. The number of halogens is 1. The maximum Gasteiger partial charge on any atom is 0.247 e. The minimum Gasteiger partial charge on any atom is -0.805 e. The summed E-state index contributed by atoms with van der Waals surface area (Å²) in [6.07, 6.45) is 3.55. The minimum absolute atomic E-state index is 0.388. The van der Waals surface area contributed by atoms with Crippen LogP contribution in [0.5, 0.6) is 0 Å². The Morgan fingerprint density at radius 2 is 2.50 bits per heavy atom. The zero-order chi connectivity index (χ0) is 7.56. The van der Waals surface area contributed by atoms with Crippen molar-refractivity contribution in [3.8, 4) is 0 Å². The Balaban J connectivity index is 3.22. The van der Waals surface area contributed by atoms with Crippen LogP contribution in [0.15, 0.2) is 18.6 Å². The number of aromatic nitrogens is 2. The normalized spacial score (nSPS) is 9.70. The highest BCUT2D eigenvalue weighted by Crippen LogP contribution is 1.99. The largest absolute Gasteiger partial charge is 0.805 e. The molecule has 54 valence electrons. The van der Waals surface area contributed by atoms with Crippen LogP contribution >= 0.6 is 15.9 Å². The second-order valence-electron chi connectivity index (χ2n) is 1.74. The molecule has 0 N–H and O–H groups in total. The molecule has 0 saturated carbocycles. The summed E-state index contributed by atoms with van der Waals surface area (Å²) in [6, 6.07) is 0. The molecule has 0 aliphatic heterocycles. The second-order valence-corrected chi connectivity index (χ2v) is 2.30. The molecule has 0 radical (unpaired) electrons. The van der Waals surface area contributed by atoms with E-state index in [1.807, 2.05) is 0 Å². The quantitative estimate of drug-likeness (QED) is 0.499. The van der Waals surface area contributed by atoms with Crippen LogP contribution < -0.4 is 4.43 Å². The lowest BCUT2D eigenvalue weighted by Gasteiger charge is -2.09. The molecule has 0 fully saturated rings. The molecule has 0 aliphatic rings. The monoisotopic (exact) mass is 204 g/mol. The van der Waals surface area contributed by atoms with E-state index in [0.29, 0.717) is 20.2 Å². The van der Waals surface area contributed by atoms with Gasteiger partial charge in [-0.15, -0.1) is 0 Å². The van der Waals surface area contributed by atoms with Gasteiger partial charge in [0.05, 0.1) is 16.3 Å². The summed E-state index contributed by atoms with van der Waals surface area (Å²) in [5, 5.41) is 11.1. The Kier molecular flexibility index (Phi) is 2.06. The van der Waals surface area contributed by atoms with Crippen LogP contribution in [0.1, 0.15) is 5.69 Å². The molecule has 4 nitrogen and oxygen atoms in total. The number of nitrogens with zero attached hydrogens (tertiary/aromatic N) is 2. The van der Waals surface area contributed by atoms with Crippen molar-refractivity contribution in [3.05, 3.63) is 34.4 Å². The van der Waals surface area contributed by atoms with Gasteiger partial charge in [-0.25, -0.2) is 0 Å². The van der Waals surface area contributed by atoms with Gasteiger partial charge in [0.15, 0.2) is 0 Å². The van der Waals surface area contributed by atoms with Gasteiger partial charge >= 0.3 is 0 Å². The smallest absolute Gasteiger partial charge is 0.247 e. The Morgan fingerprint density at radius 1 is 1.80 bits per heavy atom. The number of alkyl halides is 1. The lowest BCUT2D eigenvalue weighted by atomic mass is 10.5. The lowest BCUT2D eigenvalue weighted by Crippen LogP contribution is -2.16. The molecule has 0 saturated heterocycles. The van der Waals surface area contributed by atoms with Gasteiger partial charge in [-0.1, -0.05) is 15.9 Å². The van der Waals surface area contributed by atoms with Crippen molar-refractivity contribution in [3.63, 3.8) is 0 Å². The SMILES string of the molecule is O=[n+]1ccn([O-])c(CBr)c1. The average molecular weight is 205 g/mol. The van der Waals surface area contributed by atoms with Crippen molar-refractivity contribution in [2.24, 2.45) is 0 Å². The van der Waals surface area contributed by atoms with E-state index in [1.165, 1.54) is 12.4 Å². The van der Waals surface area contributed by atoms with Crippen LogP contribution in [0.25, 0.3) is 0 Å². The molecule has 1 aromatic heterocycles. The predicted molar refractivity (Wildman–Crippen MR) is 39.2 cm³/mol. The summed E-state index contributed by atoms with van der Waals surface area (Å²) in [6.45, 7) is 0. The topological polar surface area (TPSA) is 51.0 Å². The van der Waals surface area contributed by atoms with E-state index in [1.54, 1.807) is 0 Å². The summed E-state index contributed by atoms with van der Waals surface area (Å²) in [7, 11) is 0. The Hall–Kier alpha value is -0.840. The Labute approximate surface area is 65.4 Å². The number of rotatable bonds is 1. The van der Waals surface area contributed by atoms with Crippen molar-refractivity contribution >= 4 is 15.9 Å². The van der Waals surface area contributed by atoms with Crippen LogP contribution in [0.4, 0.5) is 0 Å². The van der Waals surface area contributed by atoms with E-state index in [0.717, 1.165) is 6.20 Å². The Bertz CT molecular complexity index is 283. The van der Waals surface area contributed by atoms with E-state index in [-0.39, 0.29) is 0 Å². The van der Waals surface area contributed by atoms with Gasteiger partial charge < -0.3 is 9.94 Å². The van der Waals surface area contributed by atoms with Gasteiger partial charge in [-0.05, 0) is 0 Å². The van der Waals surface area contributed by atoms with Gasteiger partial charge in [0.2, 0.25) is 12.4 Å². The van der Waals surface area contributed by atoms with Crippen molar-refractivity contribution in [2.45, 2.75) is 5.33 Å². The molecule has 0 amide bonds. The van der Waals surface area contributed by atoms with E-state index >= 15 is 0 Å². The third-order valence-corrected chi connectivity index (χ3v) is 1.62. The molecule has 1 rings (SSSR count). The molecule has 5 heteroatoms. The fraction of sp³-hybridized carbons (Fsp3) is 0.200. The maximum atomic E-state index is 10.7. The molecule has 0 aromatic carbocycles.